The van der Waals surface area contributed by atoms with E-state index in [0.29, 0.717) is 34.9 Å². The maximum absolute atomic E-state index is 12.6. The molecule has 3 aromatic carbocycles. The third-order valence-corrected chi connectivity index (χ3v) is 5.15. The van der Waals surface area contributed by atoms with Crippen molar-refractivity contribution in [2.45, 2.75) is 6.42 Å². The monoisotopic (exact) mass is 491 g/mol. The molecule has 0 aliphatic carbocycles. The lowest BCUT2D eigenvalue weighted by Gasteiger charge is -2.09. The zero-order chi connectivity index (χ0) is 22.5. The minimum Gasteiger partial charge on any atom is -0.497 e. The minimum absolute atomic E-state index is 0.135. The predicted molar refractivity (Wildman–Crippen MR) is 124 cm³/mol. The first-order valence-electron chi connectivity index (χ1n) is 9.73. The van der Waals surface area contributed by atoms with Gasteiger partial charge < -0.3 is 14.2 Å². The van der Waals surface area contributed by atoms with E-state index in [1.54, 1.807) is 55.7 Å². The van der Waals surface area contributed by atoms with Gasteiger partial charge in [-0.05, 0) is 54.1 Å². The van der Waals surface area contributed by atoms with Crippen molar-refractivity contribution in [1.82, 2.24) is 0 Å². The number of ether oxygens (including phenoxy) is 3. The molecule has 1 aliphatic rings. The number of carbonyl (C=O) groups excluding carboxylic acids is 2. The smallest absolute Gasteiger partial charge is 0.363 e. The summed E-state index contributed by atoms with van der Waals surface area (Å²) in [6, 6.07) is 21.3. The lowest BCUT2D eigenvalue weighted by Crippen LogP contribution is -2.09. The van der Waals surface area contributed by atoms with Gasteiger partial charge in [-0.15, -0.1) is 0 Å². The third kappa shape index (κ3) is 5.12. The van der Waals surface area contributed by atoms with E-state index in [4.69, 9.17) is 14.2 Å². The molecule has 0 fully saturated rings. The Morgan fingerprint density at radius 1 is 1.06 bits per heavy atom. The summed E-state index contributed by atoms with van der Waals surface area (Å²) >= 11 is 3.41. The van der Waals surface area contributed by atoms with Crippen molar-refractivity contribution in [3.05, 3.63) is 99.7 Å². The number of nitrogens with zero attached hydrogens (tertiary/aromatic N) is 1. The van der Waals surface area contributed by atoms with Crippen LogP contribution in [-0.2, 0) is 16.0 Å². The van der Waals surface area contributed by atoms with Gasteiger partial charge in [0.05, 0.1) is 12.7 Å². The maximum Gasteiger partial charge on any atom is 0.363 e. The Kier molecular flexibility index (Phi) is 6.47. The second-order valence-corrected chi connectivity index (χ2v) is 7.80. The van der Waals surface area contributed by atoms with Crippen LogP contribution in [0.5, 0.6) is 11.5 Å². The largest absolute Gasteiger partial charge is 0.497 e. The van der Waals surface area contributed by atoms with Crippen molar-refractivity contribution >= 4 is 39.8 Å². The Balaban J connectivity index is 1.58. The zero-order valence-electron chi connectivity index (χ0n) is 17.1. The molecule has 0 saturated carbocycles. The highest BCUT2D eigenvalue weighted by Gasteiger charge is 2.24. The van der Waals surface area contributed by atoms with Gasteiger partial charge in [0.15, 0.2) is 5.70 Å². The minimum atomic E-state index is -0.552. The van der Waals surface area contributed by atoms with Crippen LogP contribution in [0.25, 0.3) is 6.08 Å². The fraction of sp³-hybridized carbons (Fsp3) is 0.0800. The number of halogens is 1. The van der Waals surface area contributed by atoms with Crippen molar-refractivity contribution in [3.63, 3.8) is 0 Å². The number of esters is 2. The molecule has 160 valence electrons. The number of cyclic esters (lactones) is 1. The summed E-state index contributed by atoms with van der Waals surface area (Å²) in [6.45, 7) is 0. The standard InChI is InChI=1S/C25H18BrNO5/c1-30-20-10-7-17(8-11-20)24(28)31-22-12-9-19(26)14-18(22)15-21-25(29)32-23(27-21)13-16-5-3-2-4-6-16/h2-12,14-15H,13H2,1H3/b21-15+. The molecule has 0 radical (unpaired) electrons. The van der Waals surface area contributed by atoms with E-state index in [0.717, 1.165) is 10.0 Å². The van der Waals surface area contributed by atoms with Gasteiger partial charge in [-0.1, -0.05) is 46.3 Å². The van der Waals surface area contributed by atoms with Crippen LogP contribution in [-0.4, -0.2) is 24.9 Å². The van der Waals surface area contributed by atoms with Crippen LogP contribution in [0.1, 0.15) is 21.5 Å². The maximum atomic E-state index is 12.6. The molecule has 3 aromatic rings. The Labute approximate surface area is 193 Å². The summed E-state index contributed by atoms with van der Waals surface area (Å²) in [6.07, 6.45) is 1.95. The Bertz CT molecular complexity index is 1220. The van der Waals surface area contributed by atoms with E-state index in [1.165, 1.54) is 0 Å². The normalized spacial score (nSPS) is 14.1. The van der Waals surface area contributed by atoms with E-state index < -0.39 is 11.9 Å². The summed E-state index contributed by atoms with van der Waals surface area (Å²) in [7, 11) is 1.55. The molecule has 0 atom stereocenters. The molecule has 0 N–H and O–H groups in total. The zero-order valence-corrected chi connectivity index (χ0v) is 18.7. The van der Waals surface area contributed by atoms with Crippen LogP contribution in [0.4, 0.5) is 0 Å². The van der Waals surface area contributed by atoms with E-state index in [2.05, 4.69) is 20.9 Å². The molecule has 1 heterocycles. The van der Waals surface area contributed by atoms with E-state index >= 15 is 0 Å². The van der Waals surface area contributed by atoms with Crippen LogP contribution >= 0.6 is 15.9 Å². The van der Waals surface area contributed by atoms with E-state index in [9.17, 15) is 9.59 Å². The van der Waals surface area contributed by atoms with Crippen LogP contribution < -0.4 is 9.47 Å². The molecular formula is C25H18BrNO5. The number of methoxy groups -OCH3 is 1. The first-order chi connectivity index (χ1) is 15.5. The van der Waals surface area contributed by atoms with Crippen molar-refractivity contribution in [2.24, 2.45) is 4.99 Å². The summed E-state index contributed by atoms with van der Waals surface area (Å²) in [4.78, 5) is 29.3. The number of hydrogen-bond acceptors (Lipinski definition) is 6. The van der Waals surface area contributed by atoms with Crippen molar-refractivity contribution in [2.75, 3.05) is 7.11 Å². The Morgan fingerprint density at radius 3 is 2.53 bits per heavy atom. The van der Waals surface area contributed by atoms with Gasteiger partial charge in [0.25, 0.3) is 0 Å². The second kappa shape index (κ2) is 9.62. The third-order valence-electron chi connectivity index (χ3n) is 4.66. The molecule has 0 saturated heterocycles. The average Bonchev–Trinajstić information content (AvgIpc) is 3.14. The molecule has 7 heteroatoms. The van der Waals surface area contributed by atoms with Gasteiger partial charge in [0.1, 0.15) is 11.5 Å². The summed E-state index contributed by atoms with van der Waals surface area (Å²) in [5, 5.41) is 0. The fourth-order valence-electron chi connectivity index (χ4n) is 3.06. The lowest BCUT2D eigenvalue weighted by atomic mass is 10.1. The van der Waals surface area contributed by atoms with Crippen molar-refractivity contribution in [1.29, 1.82) is 0 Å². The second-order valence-electron chi connectivity index (χ2n) is 6.89. The fourth-order valence-corrected chi connectivity index (χ4v) is 3.44. The average molecular weight is 492 g/mol. The molecular weight excluding hydrogens is 474 g/mol. The number of hydrogen-bond donors (Lipinski definition) is 0. The lowest BCUT2D eigenvalue weighted by molar-refractivity contribution is -0.130. The molecule has 1 aliphatic heterocycles. The molecule has 0 aromatic heterocycles. The molecule has 32 heavy (non-hydrogen) atoms. The van der Waals surface area contributed by atoms with Gasteiger partial charge in [0.2, 0.25) is 5.90 Å². The Morgan fingerprint density at radius 2 is 1.81 bits per heavy atom. The van der Waals surface area contributed by atoms with Gasteiger partial charge in [0, 0.05) is 16.5 Å². The SMILES string of the molecule is COc1ccc(C(=O)Oc2ccc(Br)cc2/C=C2/N=C(Cc3ccccc3)OC2=O)cc1. The molecule has 4 rings (SSSR count). The first kappa shape index (κ1) is 21.5. The van der Waals surface area contributed by atoms with E-state index in [1.807, 2.05) is 30.3 Å². The molecule has 0 unspecified atom stereocenters. The van der Waals surface area contributed by atoms with E-state index in [-0.39, 0.29) is 5.70 Å². The van der Waals surface area contributed by atoms with Crippen LogP contribution in [0.15, 0.2) is 88.0 Å². The quantitative estimate of drug-likeness (QED) is 0.268. The summed E-state index contributed by atoms with van der Waals surface area (Å²) in [5.41, 5.74) is 2.00. The topological polar surface area (TPSA) is 74.2 Å². The molecule has 0 bridgehead atoms. The first-order valence-corrected chi connectivity index (χ1v) is 10.5. The number of aliphatic imine (C=N–C) groups is 1. The highest BCUT2D eigenvalue weighted by molar-refractivity contribution is 9.10. The highest BCUT2D eigenvalue weighted by atomic mass is 79.9. The highest BCUT2D eigenvalue weighted by Crippen LogP contribution is 2.28. The number of benzene rings is 3. The van der Waals surface area contributed by atoms with Gasteiger partial charge in [-0.2, -0.15) is 0 Å². The molecule has 6 nitrogen and oxygen atoms in total. The van der Waals surface area contributed by atoms with Crippen LogP contribution in [0.2, 0.25) is 0 Å². The van der Waals surface area contributed by atoms with Crippen molar-refractivity contribution in [3.8, 4) is 11.5 Å². The number of rotatable bonds is 6. The summed E-state index contributed by atoms with van der Waals surface area (Å²) in [5.74, 6) is 0.167. The summed E-state index contributed by atoms with van der Waals surface area (Å²) < 4.78 is 16.8. The Hall–Kier alpha value is -3.71. The van der Waals surface area contributed by atoms with Gasteiger partial charge in [-0.3, -0.25) is 0 Å². The van der Waals surface area contributed by atoms with Gasteiger partial charge >= 0.3 is 11.9 Å². The molecule has 0 amide bonds. The van der Waals surface area contributed by atoms with Crippen LogP contribution in [0, 0.1) is 0 Å². The van der Waals surface area contributed by atoms with Crippen molar-refractivity contribution < 1.29 is 23.8 Å². The number of carbonyl (C=O) groups is 2. The molecule has 0 spiro atoms. The predicted octanol–water partition coefficient (Wildman–Crippen LogP) is 5.22. The van der Waals surface area contributed by atoms with Gasteiger partial charge in [-0.25, -0.2) is 14.6 Å². The van der Waals surface area contributed by atoms with Crippen LogP contribution in [0.3, 0.4) is 0 Å².